The third kappa shape index (κ3) is 3.50. The van der Waals surface area contributed by atoms with Crippen molar-refractivity contribution >= 4 is 40.3 Å². The number of nitrogens with zero attached hydrogens (tertiary/aromatic N) is 1. The van der Waals surface area contributed by atoms with Crippen molar-refractivity contribution < 1.29 is 9.90 Å². The molecule has 0 saturated carbocycles. The van der Waals surface area contributed by atoms with Crippen LogP contribution in [0, 0.1) is 0 Å². The second kappa shape index (κ2) is 7.13. The monoisotopic (exact) mass is 385 g/mol. The van der Waals surface area contributed by atoms with E-state index in [0.717, 1.165) is 0 Å². The van der Waals surface area contributed by atoms with Gasteiger partial charge in [0.1, 0.15) is 11.4 Å². The van der Waals surface area contributed by atoms with Crippen molar-refractivity contribution in [3.05, 3.63) is 73.5 Å². The molecular weight excluding hydrogens is 370 g/mol. The molecule has 0 aliphatic carbocycles. The summed E-state index contributed by atoms with van der Waals surface area (Å²) in [4.78, 5) is 37.4. The highest BCUT2D eigenvalue weighted by molar-refractivity contribution is 6.31. The molecule has 7 nitrogen and oxygen atoms in total. The highest BCUT2D eigenvalue weighted by Gasteiger charge is 2.24. The van der Waals surface area contributed by atoms with Gasteiger partial charge in [-0.1, -0.05) is 29.8 Å². The van der Waals surface area contributed by atoms with Gasteiger partial charge in [0.2, 0.25) is 0 Å². The Kier molecular flexibility index (Phi) is 4.87. The second-order valence-electron chi connectivity index (χ2n) is 6.07. The molecule has 0 aliphatic heterocycles. The molecule has 0 fully saturated rings. The first kappa shape index (κ1) is 18.5. The maximum Gasteiger partial charge on any atom is 0.257 e. The number of phenols is 1. The summed E-state index contributed by atoms with van der Waals surface area (Å²) >= 11 is 6.04. The molecule has 0 bridgehead atoms. The van der Waals surface area contributed by atoms with Crippen LogP contribution in [0.1, 0.15) is 10.4 Å². The molecule has 1 amide bonds. The highest BCUT2D eigenvalue weighted by atomic mass is 35.5. The molecule has 27 heavy (non-hydrogen) atoms. The number of amides is 1. The lowest BCUT2D eigenvalue weighted by Gasteiger charge is -2.18. The first-order chi connectivity index (χ1) is 12.8. The Hall–Kier alpha value is -3.32. The molecule has 0 spiro atoms. The molecule has 3 rings (SSSR count). The minimum atomic E-state index is -0.728. The minimum absolute atomic E-state index is 0.00956. The minimum Gasteiger partial charge on any atom is -0.505 e. The van der Waals surface area contributed by atoms with Gasteiger partial charge < -0.3 is 20.6 Å². The van der Waals surface area contributed by atoms with Gasteiger partial charge in [0, 0.05) is 24.8 Å². The van der Waals surface area contributed by atoms with Crippen molar-refractivity contribution in [3.63, 3.8) is 0 Å². The summed E-state index contributed by atoms with van der Waals surface area (Å²) in [5.41, 5.74) is -0.676. The molecule has 3 N–H and O–H groups in total. The molecule has 3 aromatic carbocycles. The third-order valence-corrected chi connectivity index (χ3v) is 4.14. The van der Waals surface area contributed by atoms with Gasteiger partial charge in [0.25, 0.3) is 16.8 Å². The first-order valence-electron chi connectivity index (χ1n) is 7.96. The standard InChI is InChI=1S/C19H16ClN3O4/c1-23(2)19(27)12-8-10(20)9-13(16(12)24)22-15-14(17(25)18(15)26)21-11-6-4-3-5-7-11/h3-9,21-22,24H,1-2H3. The first-order valence-corrected chi connectivity index (χ1v) is 8.34. The molecule has 8 heteroatoms. The van der Waals surface area contributed by atoms with Gasteiger partial charge in [-0.05, 0) is 24.3 Å². The van der Waals surface area contributed by atoms with Crippen LogP contribution in [0.5, 0.6) is 5.75 Å². The number of hydrogen-bond acceptors (Lipinski definition) is 6. The van der Waals surface area contributed by atoms with Crippen LogP contribution in [0.25, 0.3) is 0 Å². The van der Waals surface area contributed by atoms with E-state index >= 15 is 0 Å². The summed E-state index contributed by atoms with van der Waals surface area (Å²) in [5, 5.41) is 16.2. The number of phenolic OH excluding ortho intramolecular Hbond substituents is 1. The zero-order valence-electron chi connectivity index (χ0n) is 14.5. The lowest BCUT2D eigenvalue weighted by atomic mass is 10.1. The van der Waals surface area contributed by atoms with Gasteiger partial charge in [-0.15, -0.1) is 0 Å². The number of carbonyl (C=O) groups excluding carboxylic acids is 1. The topological polar surface area (TPSA) is 98.7 Å². The third-order valence-electron chi connectivity index (χ3n) is 3.92. The molecule has 0 aliphatic rings. The number of aromatic hydroxyl groups is 1. The van der Waals surface area contributed by atoms with E-state index in [0.29, 0.717) is 5.69 Å². The van der Waals surface area contributed by atoms with Crippen molar-refractivity contribution in [2.45, 2.75) is 0 Å². The van der Waals surface area contributed by atoms with Gasteiger partial charge in [-0.3, -0.25) is 14.4 Å². The van der Waals surface area contributed by atoms with Crippen LogP contribution < -0.4 is 21.5 Å². The summed E-state index contributed by atoms with van der Waals surface area (Å²) < 4.78 is 0. The summed E-state index contributed by atoms with van der Waals surface area (Å²) in [5.74, 6) is -0.817. The SMILES string of the molecule is CN(C)C(=O)c1cc(Cl)cc(Nc2c(Nc3ccccc3)c(=O)c2=O)c1O. The summed E-state index contributed by atoms with van der Waals surface area (Å²) in [6.07, 6.45) is 0. The number of para-hydroxylation sites is 1. The average Bonchev–Trinajstić information content (AvgIpc) is 2.66. The molecule has 0 saturated heterocycles. The van der Waals surface area contributed by atoms with E-state index in [9.17, 15) is 19.5 Å². The van der Waals surface area contributed by atoms with Gasteiger partial charge in [0.15, 0.2) is 5.75 Å². The van der Waals surface area contributed by atoms with E-state index < -0.39 is 16.8 Å². The van der Waals surface area contributed by atoms with Crippen LogP contribution in [0.2, 0.25) is 5.02 Å². The van der Waals surface area contributed by atoms with Gasteiger partial charge >= 0.3 is 0 Å². The largest absolute Gasteiger partial charge is 0.505 e. The van der Waals surface area contributed by atoms with E-state index in [1.54, 1.807) is 24.3 Å². The fourth-order valence-corrected chi connectivity index (χ4v) is 2.75. The molecular formula is C19H16ClN3O4. The van der Waals surface area contributed by atoms with Crippen LogP contribution in [0.15, 0.2) is 52.1 Å². The van der Waals surface area contributed by atoms with Crippen LogP contribution in [0.4, 0.5) is 22.7 Å². The van der Waals surface area contributed by atoms with Crippen molar-refractivity contribution in [1.82, 2.24) is 4.90 Å². The normalized spacial score (nSPS) is 10.6. The lowest BCUT2D eigenvalue weighted by Crippen LogP contribution is -2.35. The number of anilines is 4. The maximum atomic E-state index is 12.2. The van der Waals surface area contributed by atoms with Gasteiger partial charge in [-0.25, -0.2) is 0 Å². The molecule has 138 valence electrons. The van der Waals surface area contributed by atoms with E-state index in [1.807, 2.05) is 6.07 Å². The zero-order valence-corrected chi connectivity index (χ0v) is 15.3. The smallest absolute Gasteiger partial charge is 0.257 e. The van der Waals surface area contributed by atoms with E-state index in [-0.39, 0.29) is 33.4 Å². The lowest BCUT2D eigenvalue weighted by molar-refractivity contribution is 0.0824. The Bertz CT molecular complexity index is 1090. The average molecular weight is 386 g/mol. The number of benzene rings is 2. The molecule has 0 heterocycles. The van der Waals surface area contributed by atoms with Crippen molar-refractivity contribution in [1.29, 1.82) is 0 Å². The number of halogens is 1. The molecule has 0 unspecified atom stereocenters. The predicted octanol–water partition coefficient (Wildman–Crippen LogP) is 2.83. The van der Waals surface area contributed by atoms with Gasteiger partial charge in [0.05, 0.1) is 11.3 Å². The molecule has 0 radical (unpaired) electrons. The predicted molar refractivity (Wildman–Crippen MR) is 105 cm³/mol. The Morgan fingerprint density at radius 3 is 2.19 bits per heavy atom. The summed E-state index contributed by atoms with van der Waals surface area (Å²) in [6.45, 7) is 0. The van der Waals surface area contributed by atoms with E-state index in [1.165, 1.54) is 31.1 Å². The van der Waals surface area contributed by atoms with E-state index in [2.05, 4.69) is 10.6 Å². The highest BCUT2D eigenvalue weighted by Crippen LogP contribution is 2.35. The zero-order chi connectivity index (χ0) is 19.7. The fraction of sp³-hybridized carbons (Fsp3) is 0.105. The van der Waals surface area contributed by atoms with E-state index in [4.69, 9.17) is 11.6 Å². The Morgan fingerprint density at radius 2 is 1.59 bits per heavy atom. The summed E-state index contributed by atoms with van der Waals surface area (Å²) in [7, 11) is 3.07. The van der Waals surface area contributed by atoms with Crippen LogP contribution in [-0.4, -0.2) is 30.0 Å². The Labute approximate surface area is 159 Å². The van der Waals surface area contributed by atoms with Crippen LogP contribution >= 0.6 is 11.6 Å². The summed E-state index contributed by atoms with van der Waals surface area (Å²) in [6, 6.07) is 11.6. The Balaban J connectivity index is 1.97. The Morgan fingerprint density at radius 1 is 1.00 bits per heavy atom. The molecule has 0 atom stereocenters. The number of nitrogens with one attached hydrogen (secondary N) is 2. The quantitative estimate of drug-likeness (QED) is 0.461. The van der Waals surface area contributed by atoms with Gasteiger partial charge in [-0.2, -0.15) is 0 Å². The van der Waals surface area contributed by atoms with Crippen LogP contribution in [0.3, 0.4) is 0 Å². The fourth-order valence-electron chi connectivity index (χ4n) is 2.53. The second-order valence-corrected chi connectivity index (χ2v) is 6.51. The molecule has 0 aromatic heterocycles. The number of carbonyl (C=O) groups is 1. The number of hydrogen-bond donors (Lipinski definition) is 3. The van der Waals surface area contributed by atoms with Crippen molar-refractivity contribution in [2.24, 2.45) is 0 Å². The van der Waals surface area contributed by atoms with Crippen molar-refractivity contribution in [3.8, 4) is 5.75 Å². The van der Waals surface area contributed by atoms with Crippen molar-refractivity contribution in [2.75, 3.05) is 24.7 Å². The molecule has 3 aromatic rings. The number of rotatable bonds is 5. The maximum absolute atomic E-state index is 12.2. The van der Waals surface area contributed by atoms with Crippen LogP contribution in [-0.2, 0) is 0 Å².